The van der Waals surface area contributed by atoms with E-state index < -0.39 is 11.5 Å². The number of methoxy groups -OCH3 is 1. The minimum Gasteiger partial charge on any atom is -0.496 e. The lowest BCUT2D eigenvalue weighted by Gasteiger charge is -2.15. The molecule has 1 rings (SSSR count). The van der Waals surface area contributed by atoms with E-state index in [0.717, 1.165) is 5.56 Å². The van der Waals surface area contributed by atoms with Gasteiger partial charge in [0, 0.05) is 5.56 Å². The first-order chi connectivity index (χ1) is 6.16. The van der Waals surface area contributed by atoms with Gasteiger partial charge in [0.15, 0.2) is 0 Å². The van der Waals surface area contributed by atoms with Crippen LogP contribution in [0.4, 0.5) is 0 Å². The Hall–Kier alpha value is -0.730. The molecule has 0 aliphatic heterocycles. The van der Waals surface area contributed by atoms with Gasteiger partial charge < -0.3 is 9.84 Å². The van der Waals surface area contributed by atoms with Crippen LogP contribution in [0.1, 0.15) is 17.9 Å². The number of alkyl halides is 1. The Morgan fingerprint density at radius 2 is 2.00 bits per heavy atom. The number of benzene rings is 1. The molecule has 2 unspecified atom stereocenters. The Morgan fingerprint density at radius 1 is 1.38 bits per heavy atom. The fourth-order valence-electron chi connectivity index (χ4n) is 1.15. The van der Waals surface area contributed by atoms with Gasteiger partial charge in [0.1, 0.15) is 5.75 Å². The van der Waals surface area contributed by atoms with E-state index in [0.29, 0.717) is 5.75 Å². The van der Waals surface area contributed by atoms with Crippen molar-refractivity contribution in [2.45, 2.75) is 18.4 Å². The zero-order chi connectivity index (χ0) is 9.84. The highest BCUT2D eigenvalue weighted by atomic mass is 35.5. The van der Waals surface area contributed by atoms with Gasteiger partial charge in [-0.1, -0.05) is 18.2 Å². The number of hydrogen-bond donors (Lipinski definition) is 1. The van der Waals surface area contributed by atoms with Gasteiger partial charge in [0.25, 0.3) is 0 Å². The molecule has 1 N–H and O–H groups in total. The number of aliphatic hydroxyl groups is 1. The average molecular weight is 201 g/mol. The third kappa shape index (κ3) is 2.36. The lowest BCUT2D eigenvalue weighted by Crippen LogP contribution is -2.09. The van der Waals surface area contributed by atoms with Gasteiger partial charge >= 0.3 is 0 Å². The summed E-state index contributed by atoms with van der Waals surface area (Å²) in [6.07, 6.45) is -0.585. The number of ether oxygens (including phenoxy) is 1. The van der Waals surface area contributed by atoms with Gasteiger partial charge in [-0.05, 0) is 13.0 Å². The molecular formula is C10H13ClO2. The maximum atomic E-state index is 9.31. The molecule has 2 atom stereocenters. The molecular weight excluding hydrogens is 188 g/mol. The second kappa shape index (κ2) is 4.49. The van der Waals surface area contributed by atoms with E-state index in [2.05, 4.69) is 0 Å². The largest absolute Gasteiger partial charge is 0.496 e. The number of para-hydroxylation sites is 1. The summed E-state index contributed by atoms with van der Waals surface area (Å²) in [7, 11) is 1.59. The molecule has 0 aromatic heterocycles. The highest BCUT2D eigenvalue weighted by Gasteiger charge is 2.17. The third-order valence-electron chi connectivity index (χ3n) is 1.86. The van der Waals surface area contributed by atoms with E-state index in [9.17, 15) is 5.11 Å². The van der Waals surface area contributed by atoms with Gasteiger partial charge in [0.2, 0.25) is 0 Å². The molecule has 1 aromatic rings. The number of hydrogen-bond acceptors (Lipinski definition) is 2. The normalized spacial score (nSPS) is 15.1. The van der Waals surface area contributed by atoms with Crippen LogP contribution in [0.2, 0.25) is 0 Å². The molecule has 72 valence electrons. The summed E-state index contributed by atoms with van der Waals surface area (Å²) in [4.78, 5) is 0. The summed E-state index contributed by atoms with van der Waals surface area (Å²) in [5.74, 6) is 0.711. The summed E-state index contributed by atoms with van der Waals surface area (Å²) >= 11 is 6.00. The fourth-order valence-corrected chi connectivity index (χ4v) is 1.33. The van der Waals surface area contributed by atoms with Gasteiger partial charge in [-0.25, -0.2) is 0 Å². The minimum absolute atomic E-state index is 0.420. The van der Waals surface area contributed by atoms with Crippen LogP contribution < -0.4 is 4.74 Å². The molecule has 0 amide bonds. The van der Waals surface area contributed by atoms with E-state index in [1.54, 1.807) is 14.0 Å². The van der Waals surface area contributed by atoms with Gasteiger partial charge in [-0.2, -0.15) is 0 Å². The minimum atomic E-state index is -0.585. The third-order valence-corrected chi connectivity index (χ3v) is 2.46. The van der Waals surface area contributed by atoms with Crippen LogP contribution >= 0.6 is 11.6 Å². The van der Waals surface area contributed by atoms with Crippen LogP contribution in [-0.4, -0.2) is 18.3 Å². The van der Waals surface area contributed by atoms with Gasteiger partial charge in [-0.3, -0.25) is 0 Å². The van der Waals surface area contributed by atoms with Crippen molar-refractivity contribution in [3.63, 3.8) is 0 Å². The summed E-state index contributed by atoms with van der Waals surface area (Å²) in [6, 6.07) is 7.42. The first kappa shape index (κ1) is 10.4. The van der Waals surface area contributed by atoms with Crippen molar-refractivity contribution < 1.29 is 9.84 Å². The van der Waals surface area contributed by atoms with E-state index in [4.69, 9.17) is 16.3 Å². The summed E-state index contributed by atoms with van der Waals surface area (Å²) < 4.78 is 5.12. The van der Waals surface area contributed by atoms with Crippen molar-refractivity contribution in [2.24, 2.45) is 0 Å². The molecule has 0 fully saturated rings. The standard InChI is InChI=1S/C10H13ClO2/c1-7(12)10(11)8-5-3-4-6-9(8)13-2/h3-7,10,12H,1-2H3. The molecule has 3 heteroatoms. The lowest BCUT2D eigenvalue weighted by molar-refractivity contribution is 0.188. The van der Waals surface area contributed by atoms with Crippen LogP contribution in [0.25, 0.3) is 0 Å². The Labute approximate surface area is 83.1 Å². The molecule has 0 heterocycles. The van der Waals surface area contributed by atoms with Crippen LogP contribution in [0, 0.1) is 0 Å². The fraction of sp³-hybridized carbons (Fsp3) is 0.400. The summed E-state index contributed by atoms with van der Waals surface area (Å²) in [5.41, 5.74) is 0.821. The van der Waals surface area contributed by atoms with Crippen LogP contribution in [-0.2, 0) is 0 Å². The Morgan fingerprint density at radius 3 is 2.54 bits per heavy atom. The second-order valence-corrected chi connectivity index (χ2v) is 3.35. The highest BCUT2D eigenvalue weighted by Crippen LogP contribution is 2.31. The predicted octanol–water partition coefficient (Wildman–Crippen LogP) is 2.36. The van der Waals surface area contributed by atoms with Crippen molar-refractivity contribution in [3.05, 3.63) is 29.8 Å². The molecule has 2 nitrogen and oxygen atoms in total. The molecule has 0 saturated heterocycles. The van der Waals surface area contributed by atoms with E-state index in [-0.39, 0.29) is 0 Å². The first-order valence-corrected chi connectivity index (χ1v) is 4.55. The predicted molar refractivity (Wildman–Crippen MR) is 53.3 cm³/mol. The number of rotatable bonds is 3. The van der Waals surface area contributed by atoms with Crippen molar-refractivity contribution in [3.8, 4) is 5.75 Å². The Kier molecular flexibility index (Phi) is 3.58. The van der Waals surface area contributed by atoms with Crippen LogP contribution in [0.3, 0.4) is 0 Å². The van der Waals surface area contributed by atoms with Crippen LogP contribution in [0.5, 0.6) is 5.75 Å². The first-order valence-electron chi connectivity index (χ1n) is 4.12. The topological polar surface area (TPSA) is 29.5 Å². The molecule has 1 aromatic carbocycles. The maximum absolute atomic E-state index is 9.31. The molecule has 13 heavy (non-hydrogen) atoms. The SMILES string of the molecule is COc1ccccc1C(Cl)C(C)O. The highest BCUT2D eigenvalue weighted by molar-refractivity contribution is 6.21. The smallest absolute Gasteiger partial charge is 0.123 e. The average Bonchev–Trinajstić information content (AvgIpc) is 2.16. The van der Waals surface area contributed by atoms with Crippen LogP contribution in [0.15, 0.2) is 24.3 Å². The second-order valence-electron chi connectivity index (χ2n) is 2.88. The monoisotopic (exact) mass is 200 g/mol. The lowest BCUT2D eigenvalue weighted by atomic mass is 10.1. The zero-order valence-corrected chi connectivity index (χ0v) is 8.45. The molecule has 0 radical (unpaired) electrons. The molecule has 0 aliphatic rings. The summed E-state index contributed by atoms with van der Waals surface area (Å²) in [6.45, 7) is 1.66. The molecule has 0 aliphatic carbocycles. The van der Waals surface area contributed by atoms with Gasteiger partial charge in [-0.15, -0.1) is 11.6 Å². The van der Waals surface area contributed by atoms with E-state index in [1.807, 2.05) is 24.3 Å². The van der Waals surface area contributed by atoms with Crippen molar-refractivity contribution in [2.75, 3.05) is 7.11 Å². The van der Waals surface area contributed by atoms with Crippen molar-refractivity contribution in [1.82, 2.24) is 0 Å². The number of aliphatic hydroxyl groups excluding tert-OH is 1. The van der Waals surface area contributed by atoms with Crippen molar-refractivity contribution >= 4 is 11.6 Å². The Bertz CT molecular complexity index is 273. The maximum Gasteiger partial charge on any atom is 0.123 e. The molecule has 0 saturated carbocycles. The van der Waals surface area contributed by atoms with Gasteiger partial charge in [0.05, 0.1) is 18.6 Å². The Balaban J connectivity index is 2.98. The molecule has 0 bridgehead atoms. The zero-order valence-electron chi connectivity index (χ0n) is 7.70. The summed E-state index contributed by atoms with van der Waals surface area (Å²) in [5, 5.41) is 8.89. The molecule has 0 spiro atoms. The van der Waals surface area contributed by atoms with E-state index in [1.165, 1.54) is 0 Å². The van der Waals surface area contributed by atoms with E-state index >= 15 is 0 Å². The quantitative estimate of drug-likeness (QED) is 0.760. The number of halogens is 1. The van der Waals surface area contributed by atoms with Crippen molar-refractivity contribution in [1.29, 1.82) is 0 Å².